The zero-order valence-corrected chi connectivity index (χ0v) is 14.6. The lowest BCUT2D eigenvalue weighted by Crippen LogP contribution is -2.04. The van der Waals surface area contributed by atoms with E-state index in [9.17, 15) is 0 Å². The Morgan fingerprint density at radius 3 is 2.81 bits per heavy atom. The number of hydrogen-bond acceptors (Lipinski definition) is 3. The summed E-state index contributed by atoms with van der Waals surface area (Å²) in [6.07, 6.45) is 3.64. The molecule has 0 aliphatic carbocycles. The first-order chi connectivity index (χ1) is 10.1. The number of anilines is 1. The van der Waals surface area contributed by atoms with Gasteiger partial charge < -0.3 is 5.32 Å². The summed E-state index contributed by atoms with van der Waals surface area (Å²) in [6.45, 7) is 0.671. The molecule has 1 N–H and O–H groups in total. The summed E-state index contributed by atoms with van der Waals surface area (Å²) in [4.78, 5) is 1.14. The minimum atomic E-state index is 0.671. The van der Waals surface area contributed by atoms with Crippen molar-refractivity contribution in [2.24, 2.45) is 0 Å². The zero-order valence-electron chi connectivity index (χ0n) is 10.7. The first-order valence-electron chi connectivity index (χ1n) is 6.10. The molecule has 108 valence electrons. The van der Waals surface area contributed by atoms with E-state index in [1.54, 1.807) is 22.2 Å². The van der Waals surface area contributed by atoms with E-state index >= 15 is 0 Å². The lowest BCUT2D eigenvalue weighted by atomic mass is 10.2. The molecule has 0 spiro atoms. The maximum Gasteiger partial charge on any atom is 0.107 e. The Labute approximate surface area is 144 Å². The topological polar surface area (TPSA) is 29.9 Å². The molecular weight excluding hydrogens is 393 g/mol. The summed E-state index contributed by atoms with van der Waals surface area (Å²) in [5, 5.41) is 8.32. The predicted octanol–water partition coefficient (Wildman–Crippen LogP) is 5.62. The van der Waals surface area contributed by atoms with Gasteiger partial charge in [0.25, 0.3) is 0 Å². The van der Waals surface area contributed by atoms with E-state index in [1.807, 2.05) is 36.5 Å². The molecule has 0 aliphatic heterocycles. The molecule has 0 atom stereocenters. The molecule has 1 aromatic carbocycles. The van der Waals surface area contributed by atoms with Crippen LogP contribution in [0.4, 0.5) is 5.69 Å². The highest BCUT2D eigenvalue weighted by Gasteiger charge is 2.08. The molecular formula is C14H10BrCl2N3S. The van der Waals surface area contributed by atoms with Gasteiger partial charge in [0.05, 0.1) is 11.4 Å². The first-order valence-corrected chi connectivity index (χ1v) is 8.47. The number of halogens is 3. The monoisotopic (exact) mass is 401 g/mol. The molecule has 3 nitrogen and oxygen atoms in total. The Kier molecular flexibility index (Phi) is 4.54. The van der Waals surface area contributed by atoms with Crippen LogP contribution in [0.1, 0.15) is 4.88 Å². The first kappa shape index (κ1) is 14.9. The van der Waals surface area contributed by atoms with Crippen LogP contribution in [0, 0.1) is 0 Å². The minimum absolute atomic E-state index is 0.671. The van der Waals surface area contributed by atoms with Gasteiger partial charge in [-0.15, -0.1) is 11.3 Å². The number of hydrogen-bond donors (Lipinski definition) is 1. The Morgan fingerprint density at radius 1 is 1.29 bits per heavy atom. The third kappa shape index (κ3) is 3.43. The zero-order chi connectivity index (χ0) is 14.8. The minimum Gasteiger partial charge on any atom is -0.378 e. The van der Waals surface area contributed by atoms with Crippen molar-refractivity contribution in [1.29, 1.82) is 0 Å². The Morgan fingerprint density at radius 2 is 2.14 bits per heavy atom. The van der Waals surface area contributed by atoms with Crippen molar-refractivity contribution in [3.8, 4) is 5.69 Å². The van der Waals surface area contributed by atoms with Crippen LogP contribution in [0.5, 0.6) is 0 Å². The summed E-state index contributed by atoms with van der Waals surface area (Å²) in [5.74, 6) is 0. The number of nitrogens with zero attached hydrogens (tertiary/aromatic N) is 2. The summed E-state index contributed by atoms with van der Waals surface area (Å²) in [6, 6.07) is 9.58. The van der Waals surface area contributed by atoms with E-state index in [0.29, 0.717) is 11.6 Å². The molecule has 21 heavy (non-hydrogen) atoms. The number of nitrogens with one attached hydrogen (secondary N) is 1. The van der Waals surface area contributed by atoms with Crippen molar-refractivity contribution in [2.45, 2.75) is 6.54 Å². The lowest BCUT2D eigenvalue weighted by Gasteiger charge is -2.12. The molecule has 0 saturated carbocycles. The highest BCUT2D eigenvalue weighted by Crippen LogP contribution is 2.33. The number of rotatable bonds is 4. The average Bonchev–Trinajstić information content (AvgIpc) is 3.08. The molecule has 3 rings (SSSR count). The maximum absolute atomic E-state index is 6.09. The Bertz CT molecular complexity index is 736. The van der Waals surface area contributed by atoms with Crippen molar-refractivity contribution in [3.63, 3.8) is 0 Å². The van der Waals surface area contributed by atoms with Gasteiger partial charge in [-0.3, -0.25) is 0 Å². The molecule has 0 amide bonds. The van der Waals surface area contributed by atoms with Gasteiger partial charge in [0.15, 0.2) is 0 Å². The van der Waals surface area contributed by atoms with Gasteiger partial charge in [-0.05, 0) is 46.3 Å². The predicted molar refractivity (Wildman–Crippen MR) is 92.9 cm³/mol. The van der Waals surface area contributed by atoms with Crippen LogP contribution < -0.4 is 5.32 Å². The van der Waals surface area contributed by atoms with E-state index in [0.717, 1.165) is 25.1 Å². The molecule has 0 radical (unpaired) electrons. The van der Waals surface area contributed by atoms with Gasteiger partial charge in [-0.2, -0.15) is 5.10 Å². The van der Waals surface area contributed by atoms with Gasteiger partial charge in [0.1, 0.15) is 4.34 Å². The van der Waals surface area contributed by atoms with Crippen LogP contribution in [0.15, 0.2) is 47.2 Å². The van der Waals surface area contributed by atoms with Crippen LogP contribution in [0.2, 0.25) is 9.36 Å². The summed E-state index contributed by atoms with van der Waals surface area (Å²) < 4.78 is 3.48. The summed E-state index contributed by atoms with van der Waals surface area (Å²) >= 11 is 17.1. The molecule has 7 heteroatoms. The van der Waals surface area contributed by atoms with Crippen LogP contribution in [0.3, 0.4) is 0 Å². The second-order valence-corrected chi connectivity index (χ2v) is 7.33. The van der Waals surface area contributed by atoms with E-state index in [1.165, 1.54) is 0 Å². The molecule has 0 fully saturated rings. The fourth-order valence-corrected chi connectivity index (χ4v) is 3.82. The van der Waals surface area contributed by atoms with E-state index < -0.39 is 0 Å². The van der Waals surface area contributed by atoms with Crippen molar-refractivity contribution in [3.05, 3.63) is 61.4 Å². The number of benzene rings is 1. The Hall–Kier alpha value is -1.01. The second kappa shape index (κ2) is 6.40. The standard InChI is InChI=1S/C14H10BrCl2N3S/c15-11-7-10(21-14(11)17)8-18-12-6-9(16)2-3-13(12)20-5-1-4-19-20/h1-7,18H,8H2. The van der Waals surface area contributed by atoms with Gasteiger partial charge in [-0.1, -0.05) is 23.2 Å². The van der Waals surface area contributed by atoms with Crippen LogP contribution >= 0.6 is 50.5 Å². The van der Waals surface area contributed by atoms with Crippen molar-refractivity contribution in [1.82, 2.24) is 9.78 Å². The largest absolute Gasteiger partial charge is 0.378 e. The van der Waals surface area contributed by atoms with Crippen LogP contribution in [-0.2, 0) is 6.54 Å². The molecule has 0 saturated heterocycles. The van der Waals surface area contributed by atoms with Crippen molar-refractivity contribution < 1.29 is 0 Å². The third-order valence-electron chi connectivity index (χ3n) is 2.86. The molecule has 2 aromatic heterocycles. The van der Waals surface area contributed by atoms with Gasteiger partial charge >= 0.3 is 0 Å². The van der Waals surface area contributed by atoms with Gasteiger partial charge in [-0.25, -0.2) is 4.68 Å². The fraction of sp³-hybridized carbons (Fsp3) is 0.0714. The van der Waals surface area contributed by atoms with Crippen LogP contribution in [-0.4, -0.2) is 9.78 Å². The highest BCUT2D eigenvalue weighted by atomic mass is 79.9. The quantitative estimate of drug-likeness (QED) is 0.614. The normalized spacial score (nSPS) is 10.8. The fourth-order valence-electron chi connectivity index (χ4n) is 1.92. The average molecular weight is 403 g/mol. The molecule has 0 aliphatic rings. The SMILES string of the molecule is Clc1ccc(-n2cccn2)c(NCc2cc(Br)c(Cl)s2)c1. The lowest BCUT2D eigenvalue weighted by molar-refractivity contribution is 0.879. The van der Waals surface area contributed by atoms with E-state index in [-0.39, 0.29) is 0 Å². The third-order valence-corrected chi connectivity index (χ3v) is 5.57. The van der Waals surface area contributed by atoms with E-state index in [4.69, 9.17) is 23.2 Å². The molecule has 2 heterocycles. The maximum atomic E-state index is 6.09. The summed E-state index contributed by atoms with van der Waals surface area (Å²) in [5.41, 5.74) is 1.87. The van der Waals surface area contributed by atoms with Crippen LogP contribution in [0.25, 0.3) is 5.69 Å². The Balaban J connectivity index is 1.86. The van der Waals surface area contributed by atoms with E-state index in [2.05, 4.69) is 26.3 Å². The summed E-state index contributed by atoms with van der Waals surface area (Å²) in [7, 11) is 0. The molecule has 0 unspecified atom stereocenters. The second-order valence-electron chi connectivity index (χ2n) is 4.30. The van der Waals surface area contributed by atoms with Crippen molar-refractivity contribution >= 4 is 56.2 Å². The van der Waals surface area contributed by atoms with Crippen molar-refractivity contribution in [2.75, 3.05) is 5.32 Å². The smallest absolute Gasteiger partial charge is 0.107 e. The number of thiophene rings is 1. The highest BCUT2D eigenvalue weighted by molar-refractivity contribution is 9.10. The molecule has 3 aromatic rings. The van der Waals surface area contributed by atoms with Gasteiger partial charge in [0.2, 0.25) is 0 Å². The number of aromatic nitrogens is 2. The van der Waals surface area contributed by atoms with Gasteiger partial charge in [0, 0.05) is 33.3 Å². The molecule has 0 bridgehead atoms.